The van der Waals surface area contributed by atoms with Crippen LogP contribution in [0.3, 0.4) is 0 Å². The van der Waals surface area contributed by atoms with Crippen LogP contribution in [0.15, 0.2) is 22.7 Å². The minimum absolute atomic E-state index is 0.202. The molecule has 2 rings (SSSR count). The SMILES string of the molecule is COc1ccc(CN(CCC(=O)O)C2CC2)cc1Br. The standard InChI is InChI=1S/C14H18BrNO3/c1-19-13-5-2-10(8-12(13)15)9-16(11-3-4-11)7-6-14(17)18/h2,5,8,11H,3-4,6-7,9H2,1H3,(H,17,18). The average molecular weight is 328 g/mol. The number of halogens is 1. The fraction of sp³-hybridized carbons (Fsp3) is 0.500. The molecule has 0 saturated heterocycles. The third-order valence-corrected chi connectivity index (χ3v) is 3.90. The maximum atomic E-state index is 10.7. The van der Waals surface area contributed by atoms with Crippen molar-refractivity contribution in [2.75, 3.05) is 13.7 Å². The molecule has 1 aromatic rings. The molecule has 19 heavy (non-hydrogen) atoms. The molecule has 0 bridgehead atoms. The van der Waals surface area contributed by atoms with E-state index >= 15 is 0 Å². The van der Waals surface area contributed by atoms with Crippen LogP contribution in [-0.4, -0.2) is 35.7 Å². The monoisotopic (exact) mass is 327 g/mol. The Hall–Kier alpha value is -1.07. The van der Waals surface area contributed by atoms with Gasteiger partial charge in [-0.1, -0.05) is 6.07 Å². The van der Waals surface area contributed by atoms with Gasteiger partial charge in [-0.25, -0.2) is 0 Å². The fourth-order valence-electron chi connectivity index (χ4n) is 2.11. The van der Waals surface area contributed by atoms with Gasteiger partial charge in [0, 0.05) is 19.1 Å². The molecule has 1 fully saturated rings. The van der Waals surface area contributed by atoms with Crippen LogP contribution in [0.1, 0.15) is 24.8 Å². The Morgan fingerprint density at radius 2 is 2.26 bits per heavy atom. The second-order valence-corrected chi connectivity index (χ2v) is 5.67. The van der Waals surface area contributed by atoms with Gasteiger partial charge in [-0.2, -0.15) is 0 Å². The zero-order chi connectivity index (χ0) is 13.8. The summed E-state index contributed by atoms with van der Waals surface area (Å²) >= 11 is 3.47. The molecule has 1 aliphatic carbocycles. The summed E-state index contributed by atoms with van der Waals surface area (Å²) in [5.41, 5.74) is 1.17. The van der Waals surface area contributed by atoms with E-state index < -0.39 is 5.97 Å². The van der Waals surface area contributed by atoms with Crippen molar-refractivity contribution < 1.29 is 14.6 Å². The van der Waals surface area contributed by atoms with Crippen LogP contribution in [-0.2, 0) is 11.3 Å². The lowest BCUT2D eigenvalue weighted by atomic mass is 10.2. The molecule has 0 spiro atoms. The largest absolute Gasteiger partial charge is 0.496 e. The van der Waals surface area contributed by atoms with Crippen LogP contribution in [0.2, 0.25) is 0 Å². The number of ether oxygens (including phenoxy) is 1. The summed E-state index contributed by atoms with van der Waals surface area (Å²) in [7, 11) is 1.64. The van der Waals surface area contributed by atoms with Gasteiger partial charge in [-0.3, -0.25) is 9.69 Å². The first-order valence-electron chi connectivity index (χ1n) is 6.38. The summed E-state index contributed by atoms with van der Waals surface area (Å²) in [5, 5.41) is 8.79. The highest BCUT2D eigenvalue weighted by Crippen LogP contribution is 2.30. The van der Waals surface area contributed by atoms with Gasteiger partial charge < -0.3 is 9.84 Å². The molecule has 1 N–H and O–H groups in total. The first-order chi connectivity index (χ1) is 9.10. The first kappa shape index (κ1) is 14.3. The normalized spacial score (nSPS) is 14.7. The molecule has 1 aliphatic rings. The molecule has 0 aliphatic heterocycles. The van der Waals surface area contributed by atoms with Gasteiger partial charge in [-0.15, -0.1) is 0 Å². The Balaban J connectivity index is 2.00. The molecule has 1 saturated carbocycles. The second kappa shape index (κ2) is 6.39. The molecule has 0 amide bonds. The van der Waals surface area contributed by atoms with E-state index in [9.17, 15) is 4.79 Å². The van der Waals surface area contributed by atoms with Crippen molar-refractivity contribution in [3.63, 3.8) is 0 Å². The topological polar surface area (TPSA) is 49.8 Å². The predicted molar refractivity (Wildman–Crippen MR) is 76.4 cm³/mol. The number of methoxy groups -OCH3 is 1. The lowest BCUT2D eigenvalue weighted by Crippen LogP contribution is -2.28. The van der Waals surface area contributed by atoms with Gasteiger partial charge in [0.2, 0.25) is 0 Å². The van der Waals surface area contributed by atoms with E-state index in [2.05, 4.69) is 20.8 Å². The van der Waals surface area contributed by atoms with E-state index in [0.29, 0.717) is 12.6 Å². The maximum absolute atomic E-state index is 10.7. The fourth-order valence-corrected chi connectivity index (χ4v) is 2.70. The highest BCUT2D eigenvalue weighted by molar-refractivity contribution is 9.10. The van der Waals surface area contributed by atoms with Crippen molar-refractivity contribution in [1.82, 2.24) is 4.90 Å². The number of aliphatic carboxylic acids is 1. The number of hydrogen-bond donors (Lipinski definition) is 1. The van der Waals surface area contributed by atoms with Gasteiger partial charge in [0.1, 0.15) is 5.75 Å². The molecule has 0 radical (unpaired) electrons. The van der Waals surface area contributed by atoms with Crippen molar-refractivity contribution in [3.8, 4) is 5.75 Å². The quantitative estimate of drug-likeness (QED) is 0.836. The highest BCUT2D eigenvalue weighted by atomic mass is 79.9. The number of benzene rings is 1. The Morgan fingerprint density at radius 1 is 1.53 bits per heavy atom. The van der Waals surface area contributed by atoms with E-state index in [1.807, 2.05) is 18.2 Å². The van der Waals surface area contributed by atoms with E-state index in [0.717, 1.165) is 16.8 Å². The Bertz CT molecular complexity index is 460. The molecule has 1 aromatic carbocycles. The summed E-state index contributed by atoms with van der Waals surface area (Å²) in [6.45, 7) is 1.41. The van der Waals surface area contributed by atoms with Gasteiger partial charge >= 0.3 is 5.97 Å². The average Bonchev–Trinajstić information content (AvgIpc) is 3.18. The molecule has 0 heterocycles. The summed E-state index contributed by atoms with van der Waals surface area (Å²) in [4.78, 5) is 12.9. The number of hydrogen-bond acceptors (Lipinski definition) is 3. The van der Waals surface area contributed by atoms with Crippen LogP contribution in [0.5, 0.6) is 5.75 Å². The summed E-state index contributed by atoms with van der Waals surface area (Å²) in [5.74, 6) is 0.0776. The Kier molecular flexibility index (Phi) is 4.82. The molecule has 0 unspecified atom stereocenters. The number of nitrogens with zero attached hydrogens (tertiary/aromatic N) is 1. The summed E-state index contributed by atoms with van der Waals surface area (Å²) in [6, 6.07) is 6.55. The van der Waals surface area contributed by atoms with E-state index in [1.165, 1.54) is 18.4 Å². The third kappa shape index (κ3) is 4.21. The third-order valence-electron chi connectivity index (χ3n) is 3.28. The van der Waals surface area contributed by atoms with Crippen molar-refractivity contribution in [1.29, 1.82) is 0 Å². The smallest absolute Gasteiger partial charge is 0.304 e. The second-order valence-electron chi connectivity index (χ2n) is 4.81. The lowest BCUT2D eigenvalue weighted by Gasteiger charge is -2.21. The number of carboxylic acid groups (broad SMARTS) is 1. The van der Waals surface area contributed by atoms with E-state index in [-0.39, 0.29) is 6.42 Å². The van der Waals surface area contributed by atoms with Gasteiger partial charge in [0.05, 0.1) is 18.0 Å². The summed E-state index contributed by atoms with van der Waals surface area (Å²) in [6.07, 6.45) is 2.56. The number of carbonyl (C=O) groups is 1. The number of carboxylic acids is 1. The Labute approximate surface area is 121 Å². The maximum Gasteiger partial charge on any atom is 0.304 e. The van der Waals surface area contributed by atoms with Crippen molar-refractivity contribution in [3.05, 3.63) is 28.2 Å². The first-order valence-corrected chi connectivity index (χ1v) is 7.17. The molecule has 104 valence electrons. The zero-order valence-corrected chi connectivity index (χ0v) is 12.5. The lowest BCUT2D eigenvalue weighted by molar-refractivity contribution is -0.137. The molecule has 4 nitrogen and oxygen atoms in total. The van der Waals surface area contributed by atoms with Crippen molar-refractivity contribution in [2.24, 2.45) is 0 Å². The molecular weight excluding hydrogens is 310 g/mol. The molecule has 5 heteroatoms. The molecule has 0 atom stereocenters. The number of rotatable bonds is 7. The van der Waals surface area contributed by atoms with Gasteiger partial charge in [0.25, 0.3) is 0 Å². The van der Waals surface area contributed by atoms with Crippen molar-refractivity contribution >= 4 is 21.9 Å². The molecule has 0 aromatic heterocycles. The van der Waals surface area contributed by atoms with Crippen LogP contribution in [0.25, 0.3) is 0 Å². The van der Waals surface area contributed by atoms with Crippen LogP contribution in [0.4, 0.5) is 0 Å². The van der Waals surface area contributed by atoms with Crippen LogP contribution < -0.4 is 4.74 Å². The zero-order valence-electron chi connectivity index (χ0n) is 10.9. The van der Waals surface area contributed by atoms with Crippen LogP contribution in [0, 0.1) is 0 Å². The highest BCUT2D eigenvalue weighted by Gasteiger charge is 2.29. The summed E-state index contributed by atoms with van der Waals surface area (Å²) < 4.78 is 6.14. The van der Waals surface area contributed by atoms with Crippen LogP contribution >= 0.6 is 15.9 Å². The van der Waals surface area contributed by atoms with E-state index in [4.69, 9.17) is 9.84 Å². The predicted octanol–water partition coefficient (Wildman–Crippen LogP) is 2.90. The van der Waals surface area contributed by atoms with Gasteiger partial charge in [0.15, 0.2) is 0 Å². The minimum Gasteiger partial charge on any atom is -0.496 e. The Morgan fingerprint density at radius 3 is 2.79 bits per heavy atom. The van der Waals surface area contributed by atoms with Gasteiger partial charge in [-0.05, 0) is 46.5 Å². The van der Waals surface area contributed by atoms with Crippen molar-refractivity contribution in [2.45, 2.75) is 31.8 Å². The molecular formula is C14H18BrNO3. The van der Waals surface area contributed by atoms with E-state index in [1.54, 1.807) is 7.11 Å². The minimum atomic E-state index is -0.735.